The molecule has 0 unspecified atom stereocenters. The molecule has 0 bridgehead atoms. The van der Waals surface area contributed by atoms with Crippen LogP contribution in [0.2, 0.25) is 0 Å². The van der Waals surface area contributed by atoms with Crippen molar-refractivity contribution in [2.45, 2.75) is 6.92 Å². The van der Waals surface area contributed by atoms with Crippen molar-refractivity contribution in [1.82, 2.24) is 14.0 Å². The van der Waals surface area contributed by atoms with Crippen molar-refractivity contribution in [3.05, 3.63) is 34.1 Å². The fraction of sp³-hybridized carbons (Fsp3) is 0.167. The quantitative estimate of drug-likeness (QED) is 0.752. The third-order valence-electron chi connectivity index (χ3n) is 3.19. The molecular weight excluding hydrogens is 298 g/mol. The van der Waals surface area contributed by atoms with E-state index < -0.39 is 5.97 Å². The molecule has 5 nitrogen and oxygen atoms in total. The van der Waals surface area contributed by atoms with Gasteiger partial charge in [-0.25, -0.2) is 9.78 Å². The lowest BCUT2D eigenvalue weighted by molar-refractivity contribution is 0.0688. The zero-order valence-electron chi connectivity index (χ0n) is 9.81. The van der Waals surface area contributed by atoms with Crippen LogP contribution in [0.15, 0.2) is 22.7 Å². The van der Waals surface area contributed by atoms with E-state index in [9.17, 15) is 9.90 Å². The highest BCUT2D eigenvalue weighted by Crippen LogP contribution is 2.27. The molecule has 1 N–H and O–H groups in total. The van der Waals surface area contributed by atoms with E-state index in [1.807, 2.05) is 25.2 Å². The largest absolute Gasteiger partial charge is 0.477 e. The summed E-state index contributed by atoms with van der Waals surface area (Å²) < 4.78 is 4.32. The monoisotopic (exact) mass is 307 g/mol. The number of aromatic carboxylic acids is 1. The van der Waals surface area contributed by atoms with Gasteiger partial charge in [0.05, 0.1) is 5.52 Å². The minimum atomic E-state index is -0.947. The number of aryl methyl sites for hydroxylation is 1. The summed E-state index contributed by atoms with van der Waals surface area (Å²) in [6.45, 7) is 1.78. The Morgan fingerprint density at radius 3 is 2.83 bits per heavy atom. The van der Waals surface area contributed by atoms with Crippen LogP contribution < -0.4 is 0 Å². The van der Waals surface area contributed by atoms with Crippen LogP contribution in [0.3, 0.4) is 0 Å². The molecule has 3 rings (SSSR count). The van der Waals surface area contributed by atoms with Crippen molar-refractivity contribution >= 4 is 38.7 Å². The van der Waals surface area contributed by atoms with Crippen LogP contribution in [0.5, 0.6) is 0 Å². The molecule has 2 aromatic heterocycles. The summed E-state index contributed by atoms with van der Waals surface area (Å²) in [7, 11) is 1.82. The molecule has 0 aliphatic rings. The van der Waals surface area contributed by atoms with E-state index in [1.165, 1.54) is 0 Å². The van der Waals surface area contributed by atoms with E-state index in [-0.39, 0.29) is 5.69 Å². The van der Waals surface area contributed by atoms with Crippen LogP contribution in [-0.2, 0) is 7.05 Å². The van der Waals surface area contributed by atoms with Crippen LogP contribution in [0.1, 0.15) is 16.2 Å². The molecule has 2 heterocycles. The lowest BCUT2D eigenvalue weighted by Crippen LogP contribution is -2.03. The van der Waals surface area contributed by atoms with Gasteiger partial charge in [-0.1, -0.05) is 6.07 Å². The normalized spacial score (nSPS) is 11.5. The van der Waals surface area contributed by atoms with Gasteiger partial charge in [0.1, 0.15) is 5.52 Å². The molecule has 0 fully saturated rings. The minimum Gasteiger partial charge on any atom is -0.477 e. The van der Waals surface area contributed by atoms with Crippen LogP contribution in [-0.4, -0.2) is 25.0 Å². The number of benzene rings is 1. The average Bonchev–Trinajstić information content (AvgIpc) is 2.79. The highest BCUT2D eigenvalue weighted by Gasteiger charge is 2.21. The van der Waals surface area contributed by atoms with Crippen LogP contribution in [0.4, 0.5) is 0 Å². The first-order chi connectivity index (χ1) is 8.52. The molecule has 0 radical (unpaired) electrons. The second-order valence-corrected chi connectivity index (χ2v) is 5.01. The molecular formula is C12H10BrN3O2. The van der Waals surface area contributed by atoms with Gasteiger partial charge >= 0.3 is 5.97 Å². The number of carbonyl (C=O) groups is 1. The maximum absolute atomic E-state index is 11.4. The molecule has 0 aliphatic heterocycles. The molecule has 0 atom stereocenters. The van der Waals surface area contributed by atoms with Gasteiger partial charge < -0.3 is 9.67 Å². The molecule has 0 aliphatic carbocycles. The van der Waals surface area contributed by atoms with Gasteiger partial charge in [0.2, 0.25) is 5.78 Å². The number of hydrogen-bond donors (Lipinski definition) is 1. The predicted molar refractivity (Wildman–Crippen MR) is 71.1 cm³/mol. The van der Waals surface area contributed by atoms with Gasteiger partial charge in [-0.2, -0.15) is 0 Å². The van der Waals surface area contributed by atoms with Crippen LogP contribution in [0.25, 0.3) is 16.8 Å². The Hall–Kier alpha value is -1.82. The number of fused-ring (bicyclic) bond motifs is 3. The summed E-state index contributed by atoms with van der Waals surface area (Å²) in [5, 5.41) is 9.35. The molecule has 0 amide bonds. The topological polar surface area (TPSA) is 59.5 Å². The van der Waals surface area contributed by atoms with Gasteiger partial charge in [-0.05, 0) is 35.0 Å². The van der Waals surface area contributed by atoms with E-state index in [0.29, 0.717) is 11.5 Å². The maximum atomic E-state index is 11.4. The molecule has 18 heavy (non-hydrogen) atoms. The third-order valence-corrected chi connectivity index (χ3v) is 3.83. The first-order valence-electron chi connectivity index (χ1n) is 5.37. The van der Waals surface area contributed by atoms with E-state index >= 15 is 0 Å². The van der Waals surface area contributed by atoms with Crippen molar-refractivity contribution < 1.29 is 9.90 Å². The summed E-state index contributed by atoms with van der Waals surface area (Å²) in [5.74, 6) is -0.316. The van der Waals surface area contributed by atoms with Crippen LogP contribution in [0, 0.1) is 6.92 Å². The number of rotatable bonds is 1. The molecule has 6 heteroatoms. The van der Waals surface area contributed by atoms with Gasteiger partial charge in [-0.15, -0.1) is 0 Å². The fourth-order valence-electron chi connectivity index (χ4n) is 2.22. The van der Waals surface area contributed by atoms with Gasteiger partial charge in [0.25, 0.3) is 0 Å². The second kappa shape index (κ2) is 3.58. The summed E-state index contributed by atoms with van der Waals surface area (Å²) in [6.07, 6.45) is 0. The summed E-state index contributed by atoms with van der Waals surface area (Å²) in [5.41, 5.74) is 2.51. The van der Waals surface area contributed by atoms with Gasteiger partial charge in [-0.3, -0.25) is 4.40 Å². The predicted octanol–water partition coefficient (Wildman–Crippen LogP) is 2.60. The molecule has 0 spiro atoms. The number of nitrogens with zero attached hydrogens (tertiary/aromatic N) is 3. The zero-order chi connectivity index (χ0) is 13.0. The molecule has 1 aromatic carbocycles. The maximum Gasteiger partial charge on any atom is 0.354 e. The number of halogens is 1. The SMILES string of the molecule is Cc1c(C(=O)O)n2c3cccc(Br)c3nc2n1C. The van der Waals surface area contributed by atoms with Crippen molar-refractivity contribution in [3.8, 4) is 0 Å². The van der Waals surface area contributed by atoms with E-state index in [1.54, 1.807) is 15.9 Å². The summed E-state index contributed by atoms with van der Waals surface area (Å²) in [4.78, 5) is 15.9. The zero-order valence-corrected chi connectivity index (χ0v) is 11.4. The highest BCUT2D eigenvalue weighted by molar-refractivity contribution is 9.10. The lowest BCUT2D eigenvalue weighted by Gasteiger charge is -1.98. The number of para-hydroxylation sites is 1. The third kappa shape index (κ3) is 1.26. The van der Waals surface area contributed by atoms with E-state index in [2.05, 4.69) is 20.9 Å². The van der Waals surface area contributed by atoms with E-state index in [4.69, 9.17) is 0 Å². The highest BCUT2D eigenvalue weighted by atomic mass is 79.9. The van der Waals surface area contributed by atoms with Gasteiger partial charge in [0, 0.05) is 17.2 Å². The van der Waals surface area contributed by atoms with Crippen molar-refractivity contribution in [2.75, 3.05) is 0 Å². The smallest absolute Gasteiger partial charge is 0.354 e. The average molecular weight is 308 g/mol. The Morgan fingerprint density at radius 1 is 1.44 bits per heavy atom. The van der Waals surface area contributed by atoms with Crippen LogP contribution >= 0.6 is 15.9 Å². The Morgan fingerprint density at radius 2 is 2.17 bits per heavy atom. The molecule has 0 saturated carbocycles. The molecule has 3 aromatic rings. The van der Waals surface area contributed by atoms with Crippen molar-refractivity contribution in [3.63, 3.8) is 0 Å². The number of carboxylic acids is 1. The fourth-order valence-corrected chi connectivity index (χ4v) is 2.66. The number of imidazole rings is 2. The first kappa shape index (κ1) is 11.3. The van der Waals surface area contributed by atoms with E-state index in [0.717, 1.165) is 15.5 Å². The standard InChI is InChI=1S/C12H10BrN3O2/c1-6-10(11(17)18)16-8-5-3-4-7(13)9(8)14-12(16)15(6)2/h3-5H,1-2H3,(H,17,18). The Labute approximate surface area is 111 Å². The second-order valence-electron chi connectivity index (χ2n) is 4.15. The first-order valence-corrected chi connectivity index (χ1v) is 6.17. The molecule has 92 valence electrons. The Balaban J connectivity index is 2.62. The number of carboxylic acid groups (broad SMARTS) is 1. The lowest BCUT2D eigenvalue weighted by atomic mass is 10.3. The van der Waals surface area contributed by atoms with Crippen molar-refractivity contribution in [1.29, 1.82) is 0 Å². The number of aromatic nitrogens is 3. The summed E-state index contributed by atoms with van der Waals surface area (Å²) >= 11 is 3.43. The Bertz CT molecular complexity index is 801. The van der Waals surface area contributed by atoms with Gasteiger partial charge in [0.15, 0.2) is 5.69 Å². The number of hydrogen-bond acceptors (Lipinski definition) is 2. The minimum absolute atomic E-state index is 0.258. The summed E-state index contributed by atoms with van der Waals surface area (Å²) in [6, 6.07) is 5.63. The Kier molecular flexibility index (Phi) is 2.25. The van der Waals surface area contributed by atoms with Crippen molar-refractivity contribution in [2.24, 2.45) is 7.05 Å². The molecule has 0 saturated heterocycles.